The molecule has 3 aromatic carbocycles. The van der Waals surface area contributed by atoms with Crippen molar-refractivity contribution in [1.29, 1.82) is 0 Å². The van der Waals surface area contributed by atoms with Gasteiger partial charge in [-0.2, -0.15) is 0 Å². The molecular formula is C23H19FN4O3S. The molecule has 0 saturated carbocycles. The van der Waals surface area contributed by atoms with Crippen LogP contribution in [0.4, 0.5) is 15.8 Å². The van der Waals surface area contributed by atoms with E-state index in [0.717, 1.165) is 0 Å². The number of anilines is 2. The summed E-state index contributed by atoms with van der Waals surface area (Å²) in [6.07, 6.45) is 2.82. The van der Waals surface area contributed by atoms with Crippen molar-refractivity contribution in [3.05, 3.63) is 103 Å². The van der Waals surface area contributed by atoms with E-state index in [1.807, 2.05) is 0 Å². The van der Waals surface area contributed by atoms with Crippen LogP contribution in [0, 0.1) is 5.82 Å². The molecule has 32 heavy (non-hydrogen) atoms. The van der Waals surface area contributed by atoms with Gasteiger partial charge in [0.15, 0.2) is 0 Å². The Balaban J connectivity index is 1.58. The topological polar surface area (TPSA) is 84.3 Å². The maximum absolute atomic E-state index is 13.2. The fraction of sp³-hybridized carbons (Fsp3) is 0.0435. The number of carbonyl (C=O) groups excluding carboxylic acids is 1. The Morgan fingerprint density at radius 1 is 1.00 bits per heavy atom. The summed E-state index contributed by atoms with van der Waals surface area (Å²) in [5.41, 5.74) is 1.61. The van der Waals surface area contributed by atoms with E-state index >= 15 is 0 Å². The number of carbonyl (C=O) groups is 1. The van der Waals surface area contributed by atoms with E-state index in [2.05, 4.69) is 10.3 Å². The number of rotatable bonds is 6. The first kappa shape index (κ1) is 21.3. The molecule has 0 radical (unpaired) electrons. The fourth-order valence-corrected chi connectivity index (χ4v) is 4.38. The number of imidazole rings is 1. The van der Waals surface area contributed by atoms with E-state index in [1.165, 1.54) is 64.8 Å². The fourth-order valence-electron chi connectivity index (χ4n) is 3.13. The van der Waals surface area contributed by atoms with Crippen LogP contribution >= 0.6 is 0 Å². The number of hydrogen-bond donors (Lipinski definition) is 1. The van der Waals surface area contributed by atoms with Gasteiger partial charge in [-0.1, -0.05) is 24.3 Å². The predicted molar refractivity (Wildman–Crippen MR) is 120 cm³/mol. The maximum Gasteiger partial charge on any atom is 0.274 e. The van der Waals surface area contributed by atoms with Crippen molar-refractivity contribution in [2.45, 2.75) is 4.90 Å². The molecule has 0 spiro atoms. The summed E-state index contributed by atoms with van der Waals surface area (Å²) in [4.78, 5) is 16.9. The van der Waals surface area contributed by atoms with Gasteiger partial charge in [-0.05, 0) is 54.6 Å². The zero-order chi connectivity index (χ0) is 22.7. The summed E-state index contributed by atoms with van der Waals surface area (Å²) in [6.45, 7) is 0. The Kier molecular flexibility index (Phi) is 5.74. The van der Waals surface area contributed by atoms with E-state index < -0.39 is 21.7 Å². The van der Waals surface area contributed by atoms with Gasteiger partial charge in [0.05, 0.1) is 23.1 Å². The van der Waals surface area contributed by atoms with E-state index in [0.29, 0.717) is 17.1 Å². The standard InChI is InChI=1S/C23H19FN4O3S/c1-27(19-7-3-2-4-8-19)32(30,31)21-9-5-6-18(14-21)26-23(29)22-15-25-16-28(22)20-12-10-17(24)11-13-20/h2-16H,1H3,(H,26,29). The number of hydrogen-bond acceptors (Lipinski definition) is 4. The third kappa shape index (κ3) is 4.23. The second kappa shape index (κ2) is 8.64. The van der Waals surface area contributed by atoms with Gasteiger partial charge in [-0.3, -0.25) is 13.7 Å². The average Bonchev–Trinajstić information content (AvgIpc) is 3.30. The van der Waals surface area contributed by atoms with Gasteiger partial charge in [0.25, 0.3) is 15.9 Å². The molecule has 0 aliphatic carbocycles. The van der Waals surface area contributed by atoms with E-state index in [-0.39, 0.29) is 10.6 Å². The lowest BCUT2D eigenvalue weighted by Gasteiger charge is -2.20. The Morgan fingerprint density at radius 2 is 1.72 bits per heavy atom. The highest BCUT2D eigenvalue weighted by Crippen LogP contribution is 2.24. The van der Waals surface area contributed by atoms with Crippen molar-refractivity contribution in [3.8, 4) is 5.69 Å². The largest absolute Gasteiger partial charge is 0.321 e. The van der Waals surface area contributed by atoms with Gasteiger partial charge in [0.1, 0.15) is 11.5 Å². The Morgan fingerprint density at radius 3 is 2.44 bits per heavy atom. The minimum atomic E-state index is -3.83. The van der Waals surface area contributed by atoms with Gasteiger partial charge in [-0.15, -0.1) is 0 Å². The third-order valence-corrected chi connectivity index (χ3v) is 6.63. The molecule has 1 heterocycles. The number of nitrogens with one attached hydrogen (secondary N) is 1. The molecule has 0 saturated heterocycles. The van der Waals surface area contributed by atoms with Crippen LogP contribution in [-0.2, 0) is 10.0 Å². The van der Waals surface area contributed by atoms with Crippen molar-refractivity contribution in [1.82, 2.24) is 9.55 Å². The van der Waals surface area contributed by atoms with Gasteiger partial charge >= 0.3 is 0 Å². The molecular weight excluding hydrogens is 431 g/mol. The van der Waals surface area contributed by atoms with Crippen molar-refractivity contribution >= 4 is 27.3 Å². The normalized spacial score (nSPS) is 11.2. The third-order valence-electron chi connectivity index (χ3n) is 4.85. The lowest BCUT2D eigenvalue weighted by atomic mass is 10.3. The van der Waals surface area contributed by atoms with Crippen LogP contribution in [0.5, 0.6) is 0 Å². The quantitative estimate of drug-likeness (QED) is 0.480. The van der Waals surface area contributed by atoms with Gasteiger partial charge in [0, 0.05) is 18.4 Å². The maximum atomic E-state index is 13.2. The first-order valence-corrected chi connectivity index (χ1v) is 11.0. The number of nitrogens with zero attached hydrogens (tertiary/aromatic N) is 3. The van der Waals surface area contributed by atoms with Crippen LogP contribution in [-0.4, -0.2) is 30.9 Å². The molecule has 0 aliphatic heterocycles. The van der Waals surface area contributed by atoms with Crippen LogP contribution < -0.4 is 9.62 Å². The van der Waals surface area contributed by atoms with Gasteiger partial charge in [0.2, 0.25) is 0 Å². The number of halogens is 1. The van der Waals surface area contributed by atoms with Crippen molar-refractivity contribution in [2.75, 3.05) is 16.7 Å². The van der Waals surface area contributed by atoms with Crippen molar-refractivity contribution in [2.24, 2.45) is 0 Å². The number of amides is 1. The highest BCUT2D eigenvalue weighted by Gasteiger charge is 2.22. The Hall–Kier alpha value is -3.98. The molecule has 4 aromatic rings. The van der Waals surface area contributed by atoms with Crippen molar-refractivity contribution in [3.63, 3.8) is 0 Å². The van der Waals surface area contributed by atoms with Crippen LogP contribution in [0.25, 0.3) is 5.69 Å². The van der Waals surface area contributed by atoms with Crippen LogP contribution in [0.1, 0.15) is 10.5 Å². The molecule has 0 atom stereocenters. The Labute approximate surface area is 184 Å². The molecule has 1 N–H and O–H groups in total. The highest BCUT2D eigenvalue weighted by atomic mass is 32.2. The van der Waals surface area contributed by atoms with Gasteiger partial charge < -0.3 is 5.32 Å². The first-order chi connectivity index (χ1) is 15.4. The van der Waals surface area contributed by atoms with Crippen LogP contribution in [0.3, 0.4) is 0 Å². The molecule has 7 nitrogen and oxygen atoms in total. The molecule has 4 rings (SSSR count). The molecule has 9 heteroatoms. The minimum absolute atomic E-state index is 0.0358. The second-order valence-corrected chi connectivity index (χ2v) is 8.88. The minimum Gasteiger partial charge on any atom is -0.321 e. The lowest BCUT2D eigenvalue weighted by molar-refractivity contribution is 0.102. The summed E-state index contributed by atoms with van der Waals surface area (Å²) in [5, 5.41) is 2.70. The summed E-state index contributed by atoms with van der Waals surface area (Å²) in [5.74, 6) is -0.879. The summed E-state index contributed by atoms with van der Waals surface area (Å²) >= 11 is 0. The number of para-hydroxylation sites is 1. The monoisotopic (exact) mass is 450 g/mol. The zero-order valence-corrected chi connectivity index (χ0v) is 17.8. The molecule has 1 aromatic heterocycles. The smallest absolute Gasteiger partial charge is 0.274 e. The van der Waals surface area contributed by atoms with Crippen LogP contribution in [0.2, 0.25) is 0 Å². The molecule has 0 fully saturated rings. The number of sulfonamides is 1. The highest BCUT2D eigenvalue weighted by molar-refractivity contribution is 7.92. The Bertz CT molecular complexity index is 1350. The van der Waals surface area contributed by atoms with E-state index in [4.69, 9.17) is 0 Å². The van der Waals surface area contributed by atoms with Crippen molar-refractivity contribution < 1.29 is 17.6 Å². The molecule has 0 aliphatic rings. The average molecular weight is 450 g/mol. The predicted octanol–water partition coefficient (Wildman–Crippen LogP) is 4.09. The van der Waals surface area contributed by atoms with Gasteiger partial charge in [-0.25, -0.2) is 17.8 Å². The summed E-state index contributed by atoms with van der Waals surface area (Å²) in [6, 6.07) is 20.3. The molecule has 162 valence electrons. The molecule has 1 amide bonds. The SMILES string of the molecule is CN(c1ccccc1)S(=O)(=O)c1cccc(NC(=O)c2cncn2-c2ccc(F)cc2)c1. The zero-order valence-electron chi connectivity index (χ0n) is 17.0. The number of aromatic nitrogens is 2. The summed E-state index contributed by atoms with van der Waals surface area (Å²) < 4.78 is 42.0. The number of benzene rings is 3. The molecule has 0 bridgehead atoms. The summed E-state index contributed by atoms with van der Waals surface area (Å²) in [7, 11) is -2.36. The first-order valence-electron chi connectivity index (χ1n) is 9.60. The van der Waals surface area contributed by atoms with Crippen LogP contribution in [0.15, 0.2) is 96.3 Å². The second-order valence-electron chi connectivity index (χ2n) is 6.92. The molecule has 0 unspecified atom stereocenters. The lowest BCUT2D eigenvalue weighted by Crippen LogP contribution is -2.26. The van der Waals surface area contributed by atoms with E-state index in [1.54, 1.807) is 42.5 Å². The van der Waals surface area contributed by atoms with E-state index in [9.17, 15) is 17.6 Å².